The maximum atomic E-state index is 12.2. The summed E-state index contributed by atoms with van der Waals surface area (Å²) in [5.74, 6) is 0.926. The number of hydrogen-bond donors (Lipinski definition) is 1. The van der Waals surface area contributed by atoms with Crippen LogP contribution in [0.25, 0.3) is 6.08 Å². The van der Waals surface area contributed by atoms with Gasteiger partial charge in [-0.2, -0.15) is 0 Å². The standard InChI is InChI=1S/C22H24N2O4S/c1-5-14-28-19-12-6-16(15-20(19)27-4)7-13-21(25)23-17-8-10-18(11-9-17)29-22(26)24(2)3/h5-13,15H,1,14H2,2-4H3,(H,23,25)/b13-7+. The van der Waals surface area contributed by atoms with Gasteiger partial charge in [-0.25, -0.2) is 0 Å². The van der Waals surface area contributed by atoms with E-state index in [9.17, 15) is 9.59 Å². The third kappa shape index (κ3) is 7.04. The van der Waals surface area contributed by atoms with Gasteiger partial charge < -0.3 is 19.7 Å². The van der Waals surface area contributed by atoms with Gasteiger partial charge in [-0.3, -0.25) is 9.59 Å². The lowest BCUT2D eigenvalue weighted by Crippen LogP contribution is -2.16. The van der Waals surface area contributed by atoms with Crippen molar-refractivity contribution in [2.75, 3.05) is 33.1 Å². The van der Waals surface area contributed by atoms with Crippen LogP contribution in [0.3, 0.4) is 0 Å². The number of methoxy groups -OCH3 is 1. The summed E-state index contributed by atoms with van der Waals surface area (Å²) in [4.78, 5) is 26.2. The first-order valence-electron chi connectivity index (χ1n) is 8.83. The topological polar surface area (TPSA) is 67.9 Å². The van der Waals surface area contributed by atoms with Gasteiger partial charge in [0.05, 0.1) is 7.11 Å². The predicted octanol–water partition coefficient (Wildman–Crippen LogP) is 4.69. The van der Waals surface area contributed by atoms with E-state index in [1.807, 2.05) is 6.07 Å². The molecule has 0 atom stereocenters. The lowest BCUT2D eigenvalue weighted by atomic mass is 10.2. The molecule has 0 radical (unpaired) electrons. The normalized spacial score (nSPS) is 10.4. The summed E-state index contributed by atoms with van der Waals surface area (Å²) < 4.78 is 10.8. The first-order valence-corrected chi connectivity index (χ1v) is 9.64. The molecular weight excluding hydrogens is 388 g/mol. The molecule has 0 bridgehead atoms. The molecule has 2 aromatic rings. The van der Waals surface area contributed by atoms with Gasteiger partial charge in [0.2, 0.25) is 5.91 Å². The Morgan fingerprint density at radius 3 is 2.48 bits per heavy atom. The number of ether oxygens (including phenoxy) is 2. The van der Waals surface area contributed by atoms with E-state index in [0.29, 0.717) is 23.8 Å². The van der Waals surface area contributed by atoms with E-state index in [2.05, 4.69) is 11.9 Å². The fourth-order valence-corrected chi connectivity index (χ4v) is 2.87. The van der Waals surface area contributed by atoms with Gasteiger partial charge in [0.25, 0.3) is 5.24 Å². The molecule has 152 valence electrons. The summed E-state index contributed by atoms with van der Waals surface area (Å²) in [6.07, 6.45) is 4.79. The van der Waals surface area contributed by atoms with Crippen LogP contribution in [0.2, 0.25) is 0 Å². The Labute approximate surface area is 175 Å². The fraction of sp³-hybridized carbons (Fsp3) is 0.182. The second-order valence-corrected chi connectivity index (χ2v) is 7.14. The minimum absolute atomic E-state index is 0.0546. The molecule has 0 spiro atoms. The largest absolute Gasteiger partial charge is 0.493 e. The van der Waals surface area contributed by atoms with Crippen LogP contribution in [0.4, 0.5) is 10.5 Å². The Balaban J connectivity index is 1.97. The maximum Gasteiger partial charge on any atom is 0.285 e. The summed E-state index contributed by atoms with van der Waals surface area (Å²) in [6.45, 7) is 4.00. The van der Waals surface area contributed by atoms with Crippen molar-refractivity contribution in [3.05, 3.63) is 66.8 Å². The fourth-order valence-electron chi connectivity index (χ4n) is 2.21. The lowest BCUT2D eigenvalue weighted by Gasteiger charge is -2.10. The first-order chi connectivity index (χ1) is 13.9. The molecule has 29 heavy (non-hydrogen) atoms. The molecule has 2 aromatic carbocycles. The molecule has 2 rings (SSSR count). The lowest BCUT2D eigenvalue weighted by molar-refractivity contribution is -0.111. The third-order valence-corrected chi connectivity index (χ3v) is 4.71. The Morgan fingerprint density at radius 2 is 1.86 bits per heavy atom. The van der Waals surface area contributed by atoms with Gasteiger partial charge in [-0.1, -0.05) is 18.7 Å². The molecule has 0 heterocycles. The molecule has 0 saturated heterocycles. The van der Waals surface area contributed by atoms with Crippen molar-refractivity contribution in [2.45, 2.75) is 4.90 Å². The van der Waals surface area contributed by atoms with Crippen molar-refractivity contribution < 1.29 is 19.1 Å². The Morgan fingerprint density at radius 1 is 1.14 bits per heavy atom. The molecule has 0 aliphatic heterocycles. The molecule has 0 aliphatic rings. The van der Waals surface area contributed by atoms with Gasteiger partial charge >= 0.3 is 0 Å². The van der Waals surface area contributed by atoms with Crippen LogP contribution in [-0.4, -0.2) is 43.9 Å². The molecule has 0 fully saturated rings. The molecule has 0 unspecified atom stereocenters. The zero-order valence-electron chi connectivity index (χ0n) is 16.7. The Kier molecular flexibility index (Phi) is 8.36. The number of nitrogens with one attached hydrogen (secondary N) is 1. The van der Waals surface area contributed by atoms with Gasteiger partial charge in [-0.05, 0) is 59.8 Å². The van der Waals surface area contributed by atoms with Crippen LogP contribution in [0.5, 0.6) is 11.5 Å². The average Bonchev–Trinajstić information content (AvgIpc) is 2.72. The molecule has 7 heteroatoms. The van der Waals surface area contributed by atoms with E-state index in [1.54, 1.807) is 69.8 Å². The number of carbonyl (C=O) groups excluding carboxylic acids is 2. The van der Waals surface area contributed by atoms with Crippen molar-refractivity contribution in [1.29, 1.82) is 0 Å². The quantitative estimate of drug-likeness (QED) is 0.387. The molecule has 6 nitrogen and oxygen atoms in total. The number of rotatable bonds is 8. The van der Waals surface area contributed by atoms with Gasteiger partial charge in [-0.15, -0.1) is 0 Å². The number of carbonyl (C=O) groups is 2. The predicted molar refractivity (Wildman–Crippen MR) is 118 cm³/mol. The summed E-state index contributed by atoms with van der Waals surface area (Å²) in [5.41, 5.74) is 1.45. The van der Waals surface area contributed by atoms with Crippen molar-refractivity contribution in [3.8, 4) is 11.5 Å². The minimum atomic E-state index is -0.263. The Hall–Kier alpha value is -3.19. The van der Waals surface area contributed by atoms with Gasteiger partial charge in [0, 0.05) is 30.8 Å². The SMILES string of the molecule is C=CCOc1ccc(/C=C/C(=O)Nc2ccc(SC(=O)N(C)C)cc2)cc1OC. The number of anilines is 1. The highest BCUT2D eigenvalue weighted by molar-refractivity contribution is 8.13. The molecule has 2 amide bonds. The van der Waals surface area contributed by atoms with Crippen LogP contribution < -0.4 is 14.8 Å². The number of nitrogens with zero attached hydrogens (tertiary/aromatic N) is 1. The first kappa shape index (κ1) is 22.1. The molecule has 0 aromatic heterocycles. The summed E-state index contributed by atoms with van der Waals surface area (Å²) in [7, 11) is 4.96. The summed E-state index contributed by atoms with van der Waals surface area (Å²) in [5, 5.41) is 2.73. The van der Waals surface area contributed by atoms with Crippen LogP contribution in [0, 0.1) is 0 Å². The number of hydrogen-bond acceptors (Lipinski definition) is 5. The summed E-state index contributed by atoms with van der Waals surface area (Å²) in [6, 6.07) is 12.5. The van der Waals surface area contributed by atoms with Crippen molar-refractivity contribution >= 4 is 34.7 Å². The molecule has 1 N–H and O–H groups in total. The summed E-state index contributed by atoms with van der Waals surface area (Å²) >= 11 is 1.13. The van der Waals surface area contributed by atoms with E-state index in [-0.39, 0.29) is 11.1 Å². The van der Waals surface area contributed by atoms with Gasteiger partial charge in [0.1, 0.15) is 6.61 Å². The highest BCUT2D eigenvalue weighted by atomic mass is 32.2. The average molecular weight is 413 g/mol. The second-order valence-electron chi connectivity index (χ2n) is 6.12. The Bertz CT molecular complexity index is 892. The molecular formula is C22H24N2O4S. The van der Waals surface area contributed by atoms with E-state index in [0.717, 1.165) is 22.2 Å². The van der Waals surface area contributed by atoms with E-state index in [1.165, 1.54) is 11.0 Å². The van der Waals surface area contributed by atoms with Gasteiger partial charge in [0.15, 0.2) is 11.5 Å². The number of benzene rings is 2. The van der Waals surface area contributed by atoms with Crippen LogP contribution in [-0.2, 0) is 4.79 Å². The highest BCUT2D eigenvalue weighted by Gasteiger charge is 2.07. The van der Waals surface area contributed by atoms with Crippen LogP contribution >= 0.6 is 11.8 Å². The number of thioether (sulfide) groups is 1. The highest BCUT2D eigenvalue weighted by Crippen LogP contribution is 2.28. The third-order valence-electron chi connectivity index (χ3n) is 3.66. The number of amides is 2. The monoisotopic (exact) mass is 412 g/mol. The van der Waals surface area contributed by atoms with E-state index >= 15 is 0 Å². The maximum absolute atomic E-state index is 12.2. The second kappa shape index (κ2) is 11.0. The van der Waals surface area contributed by atoms with Crippen molar-refractivity contribution in [3.63, 3.8) is 0 Å². The smallest absolute Gasteiger partial charge is 0.285 e. The van der Waals surface area contributed by atoms with Crippen LogP contribution in [0.15, 0.2) is 66.1 Å². The molecule has 0 aliphatic carbocycles. The zero-order valence-corrected chi connectivity index (χ0v) is 17.5. The van der Waals surface area contributed by atoms with Crippen LogP contribution in [0.1, 0.15) is 5.56 Å². The molecule has 0 saturated carbocycles. The van der Waals surface area contributed by atoms with Crippen molar-refractivity contribution in [2.24, 2.45) is 0 Å². The zero-order chi connectivity index (χ0) is 21.2. The van der Waals surface area contributed by atoms with E-state index in [4.69, 9.17) is 9.47 Å². The minimum Gasteiger partial charge on any atom is -0.493 e. The van der Waals surface area contributed by atoms with E-state index < -0.39 is 0 Å². The van der Waals surface area contributed by atoms with Crippen molar-refractivity contribution in [1.82, 2.24) is 4.90 Å².